The molecule has 2 fully saturated rings. The molecule has 1 N–H and O–H groups in total. The minimum absolute atomic E-state index is 0.868. The number of rotatable bonds is 6. The van der Waals surface area contributed by atoms with Crippen LogP contribution in [0.3, 0.4) is 0 Å². The van der Waals surface area contributed by atoms with Crippen LogP contribution in [0.5, 0.6) is 0 Å². The van der Waals surface area contributed by atoms with Crippen molar-refractivity contribution in [2.45, 2.75) is 59.3 Å². The summed E-state index contributed by atoms with van der Waals surface area (Å²) < 4.78 is 5.53. The third-order valence-corrected chi connectivity index (χ3v) is 5.76. The van der Waals surface area contributed by atoms with Crippen molar-refractivity contribution < 1.29 is 4.74 Å². The first-order valence-electron chi connectivity index (χ1n) is 8.99. The molecule has 118 valence electrons. The third kappa shape index (κ3) is 4.73. The molecule has 2 rings (SSSR count). The van der Waals surface area contributed by atoms with Gasteiger partial charge < -0.3 is 10.1 Å². The van der Waals surface area contributed by atoms with Gasteiger partial charge in [-0.1, -0.05) is 20.8 Å². The average Bonchev–Trinajstić information content (AvgIpc) is 2.47. The average molecular weight is 281 g/mol. The normalized spacial score (nSPS) is 32.7. The molecular weight excluding hydrogens is 246 g/mol. The van der Waals surface area contributed by atoms with Crippen molar-refractivity contribution in [3.05, 3.63) is 0 Å². The van der Waals surface area contributed by atoms with E-state index < -0.39 is 0 Å². The third-order valence-electron chi connectivity index (χ3n) is 5.76. The van der Waals surface area contributed by atoms with Gasteiger partial charge >= 0.3 is 0 Å². The lowest BCUT2D eigenvalue weighted by Gasteiger charge is -2.40. The molecular formula is C18H35NO. The van der Waals surface area contributed by atoms with Crippen LogP contribution < -0.4 is 5.32 Å². The van der Waals surface area contributed by atoms with Crippen LogP contribution in [0.25, 0.3) is 0 Å². The van der Waals surface area contributed by atoms with E-state index in [0.29, 0.717) is 0 Å². The van der Waals surface area contributed by atoms with Gasteiger partial charge in [0.1, 0.15) is 0 Å². The SMILES string of the molecule is CCNCC1CCC(C(C)C)CC1CC1CCOCC1. The van der Waals surface area contributed by atoms with E-state index in [2.05, 4.69) is 26.1 Å². The second-order valence-corrected chi connectivity index (χ2v) is 7.44. The maximum absolute atomic E-state index is 5.53. The summed E-state index contributed by atoms with van der Waals surface area (Å²) in [6.45, 7) is 11.4. The lowest BCUT2D eigenvalue weighted by atomic mass is 9.67. The molecule has 0 aromatic carbocycles. The number of nitrogens with one attached hydrogen (secondary N) is 1. The molecule has 1 aliphatic heterocycles. The van der Waals surface area contributed by atoms with Gasteiger partial charge in [0.05, 0.1) is 0 Å². The molecule has 20 heavy (non-hydrogen) atoms. The molecule has 2 nitrogen and oxygen atoms in total. The largest absolute Gasteiger partial charge is 0.381 e. The van der Waals surface area contributed by atoms with Gasteiger partial charge in [-0.05, 0) is 81.2 Å². The minimum atomic E-state index is 0.868. The van der Waals surface area contributed by atoms with Crippen LogP contribution in [0, 0.1) is 29.6 Å². The maximum atomic E-state index is 5.53. The zero-order chi connectivity index (χ0) is 14.4. The van der Waals surface area contributed by atoms with E-state index in [1.165, 1.54) is 45.1 Å². The smallest absolute Gasteiger partial charge is 0.0468 e. The minimum Gasteiger partial charge on any atom is -0.381 e. The quantitative estimate of drug-likeness (QED) is 0.791. The summed E-state index contributed by atoms with van der Waals surface area (Å²) in [5.74, 6) is 4.65. The highest BCUT2D eigenvalue weighted by Crippen LogP contribution is 2.41. The van der Waals surface area contributed by atoms with Crippen LogP contribution in [0.4, 0.5) is 0 Å². The zero-order valence-corrected chi connectivity index (χ0v) is 13.9. The molecule has 1 heterocycles. The van der Waals surface area contributed by atoms with E-state index >= 15 is 0 Å². The van der Waals surface area contributed by atoms with Gasteiger partial charge in [-0.25, -0.2) is 0 Å². The highest BCUT2D eigenvalue weighted by molar-refractivity contribution is 4.84. The van der Waals surface area contributed by atoms with Crippen molar-refractivity contribution in [2.24, 2.45) is 29.6 Å². The molecule has 1 saturated heterocycles. The summed E-state index contributed by atoms with van der Waals surface area (Å²) in [6.07, 6.45) is 8.45. The van der Waals surface area contributed by atoms with Crippen LogP contribution in [0.2, 0.25) is 0 Å². The molecule has 3 unspecified atom stereocenters. The topological polar surface area (TPSA) is 21.3 Å². The number of hydrogen-bond acceptors (Lipinski definition) is 2. The predicted octanol–water partition coefficient (Wildman–Crippen LogP) is 4.10. The van der Waals surface area contributed by atoms with Crippen molar-refractivity contribution in [3.8, 4) is 0 Å². The van der Waals surface area contributed by atoms with Gasteiger partial charge in [0, 0.05) is 13.2 Å². The van der Waals surface area contributed by atoms with Crippen molar-refractivity contribution in [1.29, 1.82) is 0 Å². The summed E-state index contributed by atoms with van der Waals surface area (Å²) in [4.78, 5) is 0. The lowest BCUT2D eigenvalue weighted by molar-refractivity contribution is 0.0436. The van der Waals surface area contributed by atoms with Gasteiger partial charge in [0.2, 0.25) is 0 Å². The Kier molecular flexibility index (Phi) is 6.83. The first kappa shape index (κ1) is 16.3. The summed E-state index contributed by atoms with van der Waals surface area (Å²) in [5, 5.41) is 3.60. The predicted molar refractivity (Wildman–Crippen MR) is 85.9 cm³/mol. The fourth-order valence-electron chi connectivity index (χ4n) is 4.27. The molecule has 2 heteroatoms. The molecule has 0 spiro atoms. The zero-order valence-electron chi connectivity index (χ0n) is 13.9. The van der Waals surface area contributed by atoms with Crippen LogP contribution in [0.15, 0.2) is 0 Å². The second-order valence-electron chi connectivity index (χ2n) is 7.44. The Labute approximate surface area is 126 Å². The Morgan fingerprint density at radius 2 is 1.80 bits per heavy atom. The molecule has 3 atom stereocenters. The summed E-state index contributed by atoms with van der Waals surface area (Å²) in [7, 11) is 0. The first-order chi connectivity index (χ1) is 9.70. The van der Waals surface area contributed by atoms with E-state index in [1.54, 1.807) is 0 Å². The highest BCUT2D eigenvalue weighted by atomic mass is 16.5. The van der Waals surface area contributed by atoms with Crippen LogP contribution >= 0.6 is 0 Å². The van der Waals surface area contributed by atoms with Crippen LogP contribution in [-0.2, 0) is 4.74 Å². The van der Waals surface area contributed by atoms with Crippen molar-refractivity contribution >= 4 is 0 Å². The van der Waals surface area contributed by atoms with Crippen LogP contribution in [0.1, 0.15) is 59.3 Å². The van der Waals surface area contributed by atoms with Crippen molar-refractivity contribution in [1.82, 2.24) is 5.32 Å². The van der Waals surface area contributed by atoms with E-state index in [4.69, 9.17) is 4.74 Å². The molecule has 0 radical (unpaired) electrons. The fourth-order valence-corrected chi connectivity index (χ4v) is 4.27. The van der Waals surface area contributed by atoms with Crippen LogP contribution in [-0.4, -0.2) is 26.3 Å². The molecule has 0 aromatic rings. The van der Waals surface area contributed by atoms with E-state index in [0.717, 1.165) is 49.3 Å². The Bertz CT molecular complexity index is 260. The first-order valence-corrected chi connectivity index (χ1v) is 8.99. The molecule has 0 bridgehead atoms. The molecule has 1 saturated carbocycles. The Morgan fingerprint density at radius 3 is 2.45 bits per heavy atom. The van der Waals surface area contributed by atoms with E-state index in [1.807, 2.05) is 0 Å². The lowest BCUT2D eigenvalue weighted by Crippen LogP contribution is -2.36. The Hall–Kier alpha value is -0.0800. The van der Waals surface area contributed by atoms with E-state index in [9.17, 15) is 0 Å². The standard InChI is InChI=1S/C18H35NO/c1-4-19-13-17-6-5-16(14(2)3)12-18(17)11-15-7-9-20-10-8-15/h14-19H,4-13H2,1-3H3. The Morgan fingerprint density at radius 1 is 1.05 bits per heavy atom. The van der Waals surface area contributed by atoms with Gasteiger partial charge in [-0.3, -0.25) is 0 Å². The number of hydrogen-bond donors (Lipinski definition) is 1. The highest BCUT2D eigenvalue weighted by Gasteiger charge is 2.33. The Balaban J connectivity index is 1.89. The molecule has 0 aromatic heterocycles. The summed E-state index contributed by atoms with van der Waals surface area (Å²) >= 11 is 0. The van der Waals surface area contributed by atoms with E-state index in [-0.39, 0.29) is 0 Å². The fraction of sp³-hybridized carbons (Fsp3) is 1.00. The second kappa shape index (κ2) is 8.38. The maximum Gasteiger partial charge on any atom is 0.0468 e. The molecule has 0 amide bonds. The van der Waals surface area contributed by atoms with Gasteiger partial charge in [0.25, 0.3) is 0 Å². The van der Waals surface area contributed by atoms with Gasteiger partial charge in [0.15, 0.2) is 0 Å². The molecule has 2 aliphatic rings. The summed E-state index contributed by atoms with van der Waals surface area (Å²) in [6, 6.07) is 0. The number of ether oxygens (including phenoxy) is 1. The van der Waals surface area contributed by atoms with Gasteiger partial charge in [-0.2, -0.15) is 0 Å². The van der Waals surface area contributed by atoms with Crippen molar-refractivity contribution in [2.75, 3.05) is 26.3 Å². The summed E-state index contributed by atoms with van der Waals surface area (Å²) in [5.41, 5.74) is 0. The van der Waals surface area contributed by atoms with Gasteiger partial charge in [-0.15, -0.1) is 0 Å². The molecule has 1 aliphatic carbocycles. The van der Waals surface area contributed by atoms with Crippen molar-refractivity contribution in [3.63, 3.8) is 0 Å². The monoisotopic (exact) mass is 281 g/mol.